The molecule has 1 atom stereocenters. The van der Waals surface area contributed by atoms with Gasteiger partial charge in [0.1, 0.15) is 17.4 Å². The van der Waals surface area contributed by atoms with Crippen LogP contribution in [0.5, 0.6) is 0 Å². The lowest BCUT2D eigenvalue weighted by molar-refractivity contribution is 0.477. The summed E-state index contributed by atoms with van der Waals surface area (Å²) in [6, 6.07) is 10.4. The maximum atomic E-state index is 13.3. The molecule has 0 radical (unpaired) electrons. The highest BCUT2D eigenvalue weighted by molar-refractivity contribution is 5.50. The van der Waals surface area contributed by atoms with Gasteiger partial charge in [0.2, 0.25) is 5.95 Å². The van der Waals surface area contributed by atoms with Crippen molar-refractivity contribution >= 4 is 11.8 Å². The number of nitrogens with one attached hydrogen (secondary N) is 2. The maximum Gasteiger partial charge on any atom is 0.222 e. The number of furan rings is 1. The first-order valence-corrected chi connectivity index (χ1v) is 9.09. The molecule has 0 aliphatic carbocycles. The Labute approximate surface area is 157 Å². The van der Waals surface area contributed by atoms with Gasteiger partial charge < -0.3 is 20.8 Å². The number of nitrogens with two attached hydrogens (primary N) is 1. The molecule has 1 aliphatic heterocycles. The number of halogens is 1. The normalized spacial score (nSPS) is 14.6. The van der Waals surface area contributed by atoms with E-state index in [0.717, 1.165) is 47.8 Å². The van der Waals surface area contributed by atoms with Crippen LogP contribution in [0.2, 0.25) is 0 Å². The van der Waals surface area contributed by atoms with Crippen LogP contribution in [-0.2, 0) is 13.0 Å². The van der Waals surface area contributed by atoms with Crippen molar-refractivity contribution in [1.82, 2.24) is 15.3 Å². The van der Waals surface area contributed by atoms with Gasteiger partial charge in [-0.05, 0) is 49.2 Å². The van der Waals surface area contributed by atoms with E-state index in [9.17, 15) is 4.39 Å². The van der Waals surface area contributed by atoms with Gasteiger partial charge in [-0.2, -0.15) is 4.98 Å². The van der Waals surface area contributed by atoms with Crippen LogP contribution in [0, 0.1) is 5.82 Å². The highest BCUT2D eigenvalue weighted by atomic mass is 19.1. The minimum atomic E-state index is -0.244. The lowest BCUT2D eigenvalue weighted by Gasteiger charge is -2.21. The number of fused-ring (bicyclic) bond motifs is 1. The quantitative estimate of drug-likeness (QED) is 0.620. The minimum Gasteiger partial charge on any atom is -0.469 e. The zero-order chi connectivity index (χ0) is 18.6. The summed E-state index contributed by atoms with van der Waals surface area (Å²) in [5.41, 5.74) is 8.95. The first kappa shape index (κ1) is 17.5. The molecular weight excluding hydrogens is 345 g/mol. The van der Waals surface area contributed by atoms with Crippen molar-refractivity contribution < 1.29 is 8.81 Å². The topological polar surface area (TPSA) is 89.0 Å². The largest absolute Gasteiger partial charge is 0.469 e. The number of rotatable bonds is 6. The average molecular weight is 367 g/mol. The Balaban J connectivity index is 1.51. The second-order valence-electron chi connectivity index (χ2n) is 6.62. The number of anilines is 2. The molecule has 4 rings (SSSR count). The van der Waals surface area contributed by atoms with Gasteiger partial charge in [0.15, 0.2) is 0 Å². The molecular formula is C20H22FN5O. The van der Waals surface area contributed by atoms with Crippen molar-refractivity contribution in [2.24, 2.45) is 0 Å². The number of aromatic nitrogens is 2. The van der Waals surface area contributed by atoms with Gasteiger partial charge in [-0.1, -0.05) is 12.1 Å². The highest BCUT2D eigenvalue weighted by Gasteiger charge is 2.19. The third kappa shape index (κ3) is 3.93. The summed E-state index contributed by atoms with van der Waals surface area (Å²) in [6.07, 6.45) is 3.31. The molecule has 0 saturated heterocycles. The summed E-state index contributed by atoms with van der Waals surface area (Å²) in [4.78, 5) is 8.71. The fourth-order valence-electron chi connectivity index (χ4n) is 3.52. The molecule has 0 bridgehead atoms. The number of hydrogen-bond donors (Lipinski definition) is 3. The summed E-state index contributed by atoms with van der Waals surface area (Å²) in [5, 5.41) is 6.71. The Morgan fingerprint density at radius 3 is 2.85 bits per heavy atom. The Kier molecular flexibility index (Phi) is 5.02. The predicted molar refractivity (Wildman–Crippen MR) is 102 cm³/mol. The average Bonchev–Trinajstić information content (AvgIpc) is 3.20. The number of nitrogen functional groups attached to an aromatic ring is 1. The van der Waals surface area contributed by atoms with Crippen LogP contribution in [0.15, 0.2) is 47.1 Å². The first-order chi connectivity index (χ1) is 13.2. The Morgan fingerprint density at radius 1 is 1.22 bits per heavy atom. The molecule has 4 N–H and O–H groups in total. The van der Waals surface area contributed by atoms with Gasteiger partial charge in [-0.25, -0.2) is 9.37 Å². The van der Waals surface area contributed by atoms with Gasteiger partial charge in [0.05, 0.1) is 12.0 Å². The molecule has 3 aromatic rings. The van der Waals surface area contributed by atoms with E-state index in [1.165, 1.54) is 12.1 Å². The van der Waals surface area contributed by atoms with Crippen molar-refractivity contribution in [2.45, 2.75) is 25.3 Å². The number of benzene rings is 1. The van der Waals surface area contributed by atoms with Crippen LogP contribution in [0.25, 0.3) is 0 Å². The van der Waals surface area contributed by atoms with Crippen molar-refractivity contribution in [3.05, 3.63) is 71.1 Å². The summed E-state index contributed by atoms with van der Waals surface area (Å²) in [5.74, 6) is 1.73. The lowest BCUT2D eigenvalue weighted by Crippen LogP contribution is -2.27. The third-order valence-corrected chi connectivity index (χ3v) is 4.84. The van der Waals surface area contributed by atoms with E-state index >= 15 is 0 Å². The molecule has 2 aromatic heterocycles. The second-order valence-corrected chi connectivity index (χ2v) is 6.62. The summed E-state index contributed by atoms with van der Waals surface area (Å²) in [7, 11) is 0. The zero-order valence-corrected chi connectivity index (χ0v) is 14.9. The fraction of sp³-hybridized carbons (Fsp3) is 0.300. The molecule has 0 amide bonds. The Morgan fingerprint density at radius 2 is 2.07 bits per heavy atom. The molecule has 27 heavy (non-hydrogen) atoms. The fourth-order valence-corrected chi connectivity index (χ4v) is 3.52. The molecule has 7 heteroatoms. The van der Waals surface area contributed by atoms with Crippen molar-refractivity contribution in [3.8, 4) is 0 Å². The molecule has 3 heterocycles. The van der Waals surface area contributed by atoms with Gasteiger partial charge in [0.25, 0.3) is 0 Å². The summed E-state index contributed by atoms with van der Waals surface area (Å²) < 4.78 is 18.9. The van der Waals surface area contributed by atoms with E-state index in [4.69, 9.17) is 10.2 Å². The highest BCUT2D eigenvalue weighted by Crippen LogP contribution is 2.29. The summed E-state index contributed by atoms with van der Waals surface area (Å²) >= 11 is 0. The van der Waals surface area contributed by atoms with Crippen LogP contribution in [0.3, 0.4) is 0 Å². The van der Waals surface area contributed by atoms with E-state index in [-0.39, 0.29) is 17.7 Å². The van der Waals surface area contributed by atoms with E-state index in [1.54, 1.807) is 18.4 Å². The standard InChI is InChI=1S/C20H22FN5O/c21-14-5-3-13(4-6-14)15(18-2-1-11-27-18)8-10-24-19-16-7-9-23-12-17(16)25-20(22)26-19/h1-6,11,15,23H,7-10,12H2,(H3,22,24,25,26). The lowest BCUT2D eigenvalue weighted by atomic mass is 9.93. The van der Waals surface area contributed by atoms with Gasteiger partial charge in [0, 0.05) is 24.6 Å². The second kappa shape index (κ2) is 7.75. The van der Waals surface area contributed by atoms with Crippen molar-refractivity contribution in [3.63, 3.8) is 0 Å². The van der Waals surface area contributed by atoms with Crippen LogP contribution in [0.1, 0.15) is 34.9 Å². The monoisotopic (exact) mass is 367 g/mol. The van der Waals surface area contributed by atoms with Crippen LogP contribution in [-0.4, -0.2) is 23.1 Å². The molecule has 140 valence electrons. The molecule has 0 saturated carbocycles. The molecule has 1 unspecified atom stereocenters. The predicted octanol–water partition coefficient (Wildman–Crippen LogP) is 3.07. The number of nitrogens with zero attached hydrogens (tertiary/aromatic N) is 2. The summed E-state index contributed by atoms with van der Waals surface area (Å²) in [6.45, 7) is 2.29. The van der Waals surface area contributed by atoms with Gasteiger partial charge >= 0.3 is 0 Å². The molecule has 0 fully saturated rings. The third-order valence-electron chi connectivity index (χ3n) is 4.84. The van der Waals surface area contributed by atoms with E-state index in [1.807, 2.05) is 12.1 Å². The van der Waals surface area contributed by atoms with Crippen LogP contribution in [0.4, 0.5) is 16.2 Å². The van der Waals surface area contributed by atoms with Crippen molar-refractivity contribution in [2.75, 3.05) is 24.1 Å². The van der Waals surface area contributed by atoms with E-state index in [0.29, 0.717) is 13.1 Å². The van der Waals surface area contributed by atoms with Gasteiger partial charge in [-0.15, -0.1) is 0 Å². The Bertz CT molecular complexity index is 895. The number of hydrogen-bond acceptors (Lipinski definition) is 6. The van der Waals surface area contributed by atoms with E-state index in [2.05, 4.69) is 20.6 Å². The van der Waals surface area contributed by atoms with E-state index < -0.39 is 0 Å². The molecule has 0 spiro atoms. The van der Waals surface area contributed by atoms with Gasteiger partial charge in [-0.3, -0.25) is 0 Å². The maximum absolute atomic E-state index is 13.3. The minimum absolute atomic E-state index is 0.0322. The Hall–Kier alpha value is -2.93. The zero-order valence-electron chi connectivity index (χ0n) is 14.9. The molecule has 1 aromatic carbocycles. The molecule has 1 aliphatic rings. The smallest absolute Gasteiger partial charge is 0.222 e. The van der Waals surface area contributed by atoms with Crippen LogP contribution >= 0.6 is 0 Å². The van der Waals surface area contributed by atoms with Crippen molar-refractivity contribution in [1.29, 1.82) is 0 Å². The van der Waals surface area contributed by atoms with Crippen LogP contribution < -0.4 is 16.4 Å². The SMILES string of the molecule is Nc1nc2c(c(NCCC(c3ccc(F)cc3)c3ccco3)n1)CCNC2. The molecule has 6 nitrogen and oxygen atoms in total. The first-order valence-electron chi connectivity index (χ1n) is 9.09.